The van der Waals surface area contributed by atoms with Gasteiger partial charge < -0.3 is 9.64 Å². The Morgan fingerprint density at radius 1 is 1.04 bits per heavy atom. The molecule has 4 aliphatic rings. The van der Waals surface area contributed by atoms with Gasteiger partial charge in [-0.25, -0.2) is 0 Å². The maximum absolute atomic E-state index is 12.3. The summed E-state index contributed by atoms with van der Waals surface area (Å²) < 4.78 is 6.52. The average Bonchev–Trinajstić information content (AvgIpc) is 2.98. The number of likely N-dealkylation sites (tertiary alicyclic amines) is 1. The Balaban J connectivity index is 1.45. The minimum Gasteiger partial charge on any atom is -0.378 e. The van der Waals surface area contributed by atoms with Crippen molar-refractivity contribution >= 4 is 5.91 Å². The van der Waals surface area contributed by atoms with Gasteiger partial charge in [-0.3, -0.25) is 4.79 Å². The van der Waals surface area contributed by atoms with E-state index in [9.17, 15) is 4.79 Å². The highest BCUT2D eigenvalue weighted by Crippen LogP contribution is 2.65. The normalized spacial score (nSPS) is 45.7. The Morgan fingerprint density at radius 3 is 2.54 bits per heavy atom. The quantitative estimate of drug-likeness (QED) is 0.567. The van der Waals surface area contributed by atoms with Gasteiger partial charge in [-0.15, -0.1) is 0 Å². The van der Waals surface area contributed by atoms with Gasteiger partial charge in [0.1, 0.15) is 0 Å². The lowest BCUT2D eigenvalue weighted by Gasteiger charge is -2.61. The van der Waals surface area contributed by atoms with Crippen molar-refractivity contribution < 1.29 is 9.53 Å². The number of rotatable bonds is 5. The van der Waals surface area contributed by atoms with Crippen molar-refractivity contribution in [3.8, 4) is 0 Å². The molecule has 0 N–H and O–H groups in total. The summed E-state index contributed by atoms with van der Waals surface area (Å²) in [7, 11) is 2.06. The van der Waals surface area contributed by atoms with Gasteiger partial charge in [-0.1, -0.05) is 27.7 Å². The van der Waals surface area contributed by atoms with E-state index >= 15 is 0 Å². The van der Waals surface area contributed by atoms with E-state index in [1.165, 1.54) is 51.4 Å². The van der Waals surface area contributed by atoms with E-state index in [0.29, 0.717) is 28.9 Å². The Morgan fingerprint density at radius 2 is 1.79 bits per heavy atom. The van der Waals surface area contributed by atoms with Gasteiger partial charge in [0.25, 0.3) is 0 Å². The summed E-state index contributed by atoms with van der Waals surface area (Å²) in [5, 5.41) is 0. The van der Waals surface area contributed by atoms with Gasteiger partial charge >= 0.3 is 0 Å². The molecule has 1 heterocycles. The van der Waals surface area contributed by atoms with Gasteiger partial charge in [-0.05, 0) is 92.3 Å². The Labute approximate surface area is 173 Å². The molecular weight excluding hydrogens is 346 g/mol. The molecule has 160 valence electrons. The molecule has 1 saturated heterocycles. The number of carbonyl (C=O) groups is 1. The highest BCUT2D eigenvalue weighted by atomic mass is 16.5. The molecule has 0 aromatic carbocycles. The molecule has 0 bridgehead atoms. The van der Waals surface area contributed by atoms with Gasteiger partial charge in [0.15, 0.2) is 0 Å². The third kappa shape index (κ3) is 3.24. The second-order valence-electron chi connectivity index (χ2n) is 11.5. The van der Waals surface area contributed by atoms with Crippen LogP contribution in [-0.4, -0.2) is 36.6 Å². The largest absolute Gasteiger partial charge is 0.378 e. The molecule has 0 aromatic rings. The van der Waals surface area contributed by atoms with Crippen LogP contribution < -0.4 is 0 Å². The van der Waals surface area contributed by atoms with E-state index < -0.39 is 0 Å². The van der Waals surface area contributed by atoms with Crippen molar-refractivity contribution in [3.63, 3.8) is 0 Å². The first kappa shape index (κ1) is 20.7. The van der Waals surface area contributed by atoms with Crippen molar-refractivity contribution in [1.82, 2.24) is 4.90 Å². The number of ether oxygens (including phenoxy) is 1. The van der Waals surface area contributed by atoms with E-state index in [2.05, 4.69) is 39.6 Å². The highest BCUT2D eigenvalue weighted by molar-refractivity contribution is 5.77. The Bertz CT molecular complexity index is 589. The van der Waals surface area contributed by atoms with Crippen molar-refractivity contribution in [1.29, 1.82) is 0 Å². The molecule has 3 aliphatic carbocycles. The zero-order chi connectivity index (χ0) is 20.1. The molecule has 0 aromatic heterocycles. The summed E-state index contributed by atoms with van der Waals surface area (Å²) in [6.07, 6.45) is 12.7. The van der Waals surface area contributed by atoms with Crippen LogP contribution in [0, 0.1) is 34.5 Å². The standard InChI is InChI=1S/C25H43NO2/c1-17(2)7-6-16-28-22-11-9-19-18-8-10-21-24(3,15-13-23(27)26(21)5)20(18)12-14-25(19,22)4/h17-22H,6-16H2,1-5H3/t18-,19-,20-,21+,22?,24+,25-/m0/s1. The van der Waals surface area contributed by atoms with Crippen LogP contribution in [0.5, 0.6) is 0 Å². The summed E-state index contributed by atoms with van der Waals surface area (Å²) in [5.74, 6) is 3.65. The molecule has 1 aliphatic heterocycles. The van der Waals surface area contributed by atoms with Crippen molar-refractivity contribution in [2.45, 2.75) is 104 Å². The van der Waals surface area contributed by atoms with E-state index in [-0.39, 0.29) is 0 Å². The van der Waals surface area contributed by atoms with E-state index in [1.54, 1.807) is 0 Å². The maximum atomic E-state index is 12.3. The lowest BCUT2D eigenvalue weighted by Crippen LogP contribution is -2.61. The van der Waals surface area contributed by atoms with Crippen LogP contribution in [0.3, 0.4) is 0 Å². The van der Waals surface area contributed by atoms with E-state index in [0.717, 1.165) is 43.1 Å². The molecule has 4 rings (SSSR count). The number of nitrogens with zero attached hydrogens (tertiary/aromatic N) is 1. The molecule has 4 fully saturated rings. The van der Waals surface area contributed by atoms with Gasteiger partial charge in [0, 0.05) is 26.1 Å². The second kappa shape index (κ2) is 7.60. The average molecular weight is 390 g/mol. The van der Waals surface area contributed by atoms with E-state index in [4.69, 9.17) is 4.74 Å². The Kier molecular flexibility index (Phi) is 5.61. The molecular formula is C25H43NO2. The van der Waals surface area contributed by atoms with Crippen LogP contribution in [0.15, 0.2) is 0 Å². The van der Waals surface area contributed by atoms with Crippen LogP contribution >= 0.6 is 0 Å². The van der Waals surface area contributed by atoms with Crippen molar-refractivity contribution in [2.24, 2.45) is 34.5 Å². The number of amides is 1. The first-order valence-corrected chi connectivity index (χ1v) is 12.1. The third-order valence-corrected chi connectivity index (χ3v) is 9.72. The number of hydrogen-bond donors (Lipinski definition) is 0. The fourth-order valence-electron chi connectivity index (χ4n) is 8.09. The SMILES string of the molecule is CC(C)CCCOC1CC[C@H]2[C@@H]3CC[C@H]4N(C)C(=O)CC[C@]4(C)[C@H]3CC[C@]12C. The lowest BCUT2D eigenvalue weighted by atomic mass is 9.47. The van der Waals surface area contributed by atoms with Crippen molar-refractivity contribution in [2.75, 3.05) is 13.7 Å². The molecule has 3 saturated carbocycles. The topological polar surface area (TPSA) is 29.5 Å². The molecule has 1 unspecified atom stereocenters. The summed E-state index contributed by atoms with van der Waals surface area (Å²) in [4.78, 5) is 14.4. The minimum absolute atomic E-state index is 0.336. The molecule has 1 amide bonds. The molecule has 0 spiro atoms. The zero-order valence-electron chi connectivity index (χ0n) is 19.0. The Hall–Kier alpha value is -0.570. The van der Waals surface area contributed by atoms with Crippen LogP contribution in [0.2, 0.25) is 0 Å². The lowest BCUT2D eigenvalue weighted by molar-refractivity contribution is -0.161. The number of carbonyl (C=O) groups excluding carboxylic acids is 1. The first-order valence-electron chi connectivity index (χ1n) is 12.1. The van der Waals surface area contributed by atoms with Crippen LogP contribution in [-0.2, 0) is 9.53 Å². The van der Waals surface area contributed by atoms with Crippen LogP contribution in [0.1, 0.15) is 91.9 Å². The fourth-order valence-corrected chi connectivity index (χ4v) is 8.09. The van der Waals surface area contributed by atoms with E-state index in [1.807, 2.05) is 0 Å². The predicted molar refractivity (Wildman–Crippen MR) is 114 cm³/mol. The van der Waals surface area contributed by atoms with Gasteiger partial charge in [0.2, 0.25) is 5.91 Å². The van der Waals surface area contributed by atoms with Crippen LogP contribution in [0.25, 0.3) is 0 Å². The molecule has 28 heavy (non-hydrogen) atoms. The molecule has 3 nitrogen and oxygen atoms in total. The predicted octanol–water partition coefficient (Wildman–Crippen LogP) is 5.67. The monoisotopic (exact) mass is 389 g/mol. The highest BCUT2D eigenvalue weighted by Gasteiger charge is 2.61. The summed E-state index contributed by atoms with van der Waals surface area (Å²) in [5.41, 5.74) is 0.724. The molecule has 3 heteroatoms. The smallest absolute Gasteiger partial charge is 0.222 e. The third-order valence-electron chi connectivity index (χ3n) is 9.72. The fraction of sp³-hybridized carbons (Fsp3) is 0.960. The number of hydrogen-bond acceptors (Lipinski definition) is 2. The summed E-state index contributed by atoms with van der Waals surface area (Å²) in [6.45, 7) is 10.6. The van der Waals surface area contributed by atoms with Crippen LogP contribution in [0.4, 0.5) is 0 Å². The second-order valence-corrected chi connectivity index (χ2v) is 11.5. The minimum atomic E-state index is 0.336. The summed E-state index contributed by atoms with van der Waals surface area (Å²) in [6, 6.07) is 0.476. The van der Waals surface area contributed by atoms with Gasteiger partial charge in [0.05, 0.1) is 6.10 Å². The molecule has 7 atom stereocenters. The molecule has 0 radical (unpaired) electrons. The number of piperidine rings is 1. The number of fused-ring (bicyclic) bond motifs is 5. The first-order chi connectivity index (χ1) is 13.3. The van der Waals surface area contributed by atoms with Gasteiger partial charge in [-0.2, -0.15) is 0 Å². The maximum Gasteiger partial charge on any atom is 0.222 e. The summed E-state index contributed by atoms with van der Waals surface area (Å²) >= 11 is 0. The van der Waals surface area contributed by atoms with Crippen molar-refractivity contribution in [3.05, 3.63) is 0 Å². The zero-order valence-corrected chi connectivity index (χ0v) is 19.0.